The molecule has 5 aromatic rings. The summed E-state index contributed by atoms with van der Waals surface area (Å²) in [5.74, 6) is -0.553. The van der Waals surface area contributed by atoms with Crippen molar-refractivity contribution in [3.8, 4) is 11.8 Å². The molecule has 178 valence electrons. The molecule has 1 atom stereocenters. The van der Waals surface area contributed by atoms with E-state index in [-0.39, 0.29) is 18.0 Å². The summed E-state index contributed by atoms with van der Waals surface area (Å²) in [4.78, 5) is 19.8. The summed E-state index contributed by atoms with van der Waals surface area (Å²) < 4.78 is 24.5. The number of amides is 1. The average molecular weight is 482 g/mol. The van der Waals surface area contributed by atoms with Gasteiger partial charge in [0.05, 0.1) is 57.7 Å². The van der Waals surface area contributed by atoms with E-state index in [0.717, 1.165) is 5.56 Å². The zero-order valence-electron chi connectivity index (χ0n) is 19.3. The number of aromatic nitrogens is 5. The number of ether oxygens (including phenoxy) is 1. The van der Waals surface area contributed by atoms with Gasteiger partial charge in [-0.1, -0.05) is 6.07 Å². The van der Waals surface area contributed by atoms with Crippen LogP contribution in [0.3, 0.4) is 0 Å². The third-order valence-corrected chi connectivity index (χ3v) is 6.42. The number of halogens is 1. The van der Waals surface area contributed by atoms with Crippen molar-refractivity contribution in [1.82, 2.24) is 24.5 Å². The lowest BCUT2D eigenvalue weighted by Gasteiger charge is -2.27. The molecule has 1 aliphatic rings. The minimum absolute atomic E-state index is 0.137. The van der Waals surface area contributed by atoms with Crippen molar-refractivity contribution < 1.29 is 13.9 Å². The molecule has 0 saturated heterocycles. The maximum Gasteiger partial charge on any atom is 0.262 e. The number of anilines is 2. The minimum atomic E-state index is -0.728. The fourth-order valence-corrected chi connectivity index (χ4v) is 4.72. The Hall–Kier alpha value is -4.98. The summed E-state index contributed by atoms with van der Waals surface area (Å²) in [6, 6.07) is 9.28. The number of nitriles is 1. The highest BCUT2D eigenvalue weighted by Crippen LogP contribution is 2.40. The van der Waals surface area contributed by atoms with Gasteiger partial charge in [-0.15, -0.1) is 0 Å². The Kier molecular flexibility index (Phi) is 4.65. The number of hydrogen-bond donors (Lipinski definition) is 1. The number of nitrogens with two attached hydrogens (primary N) is 1. The van der Waals surface area contributed by atoms with Gasteiger partial charge >= 0.3 is 0 Å². The van der Waals surface area contributed by atoms with Gasteiger partial charge in [-0.2, -0.15) is 15.5 Å². The molecule has 0 fully saturated rings. The smallest absolute Gasteiger partial charge is 0.262 e. The van der Waals surface area contributed by atoms with Gasteiger partial charge in [0.15, 0.2) is 0 Å². The summed E-state index contributed by atoms with van der Waals surface area (Å²) in [6.45, 7) is 0.143. The second kappa shape index (κ2) is 7.78. The SMILES string of the molecule is Cn1cc(N(C(=O)c2cc3c(cc2F)nc(N)c2cnn(C)c23)C2COc3cc(C#N)ccc32)cn1. The van der Waals surface area contributed by atoms with Gasteiger partial charge in [0.1, 0.15) is 24.0 Å². The molecule has 1 amide bonds. The highest BCUT2D eigenvalue weighted by atomic mass is 19.1. The Morgan fingerprint density at radius 1 is 1.22 bits per heavy atom. The van der Waals surface area contributed by atoms with Crippen molar-refractivity contribution in [2.24, 2.45) is 14.1 Å². The monoisotopic (exact) mass is 482 g/mol. The lowest BCUT2D eigenvalue weighted by Crippen LogP contribution is -2.36. The molecule has 10 nitrogen and oxygen atoms in total. The maximum absolute atomic E-state index is 15.5. The van der Waals surface area contributed by atoms with Gasteiger partial charge in [-0.3, -0.25) is 19.1 Å². The molecule has 0 saturated carbocycles. The van der Waals surface area contributed by atoms with Crippen LogP contribution in [-0.4, -0.2) is 37.1 Å². The summed E-state index contributed by atoms with van der Waals surface area (Å²) in [5, 5.41) is 18.9. The zero-order valence-corrected chi connectivity index (χ0v) is 19.3. The van der Waals surface area contributed by atoms with Crippen molar-refractivity contribution in [2.75, 3.05) is 17.2 Å². The predicted molar refractivity (Wildman–Crippen MR) is 130 cm³/mol. The number of aryl methyl sites for hydroxylation is 2. The fourth-order valence-electron chi connectivity index (χ4n) is 4.72. The molecule has 1 unspecified atom stereocenters. The first-order chi connectivity index (χ1) is 17.4. The van der Waals surface area contributed by atoms with Crippen LogP contribution in [0.25, 0.3) is 21.8 Å². The van der Waals surface area contributed by atoms with Gasteiger partial charge in [0.2, 0.25) is 0 Å². The fraction of sp³-hybridized carbons (Fsp3) is 0.160. The average Bonchev–Trinajstić information content (AvgIpc) is 3.58. The largest absolute Gasteiger partial charge is 0.491 e. The van der Waals surface area contributed by atoms with Crippen LogP contribution >= 0.6 is 0 Å². The van der Waals surface area contributed by atoms with Gasteiger partial charge < -0.3 is 10.5 Å². The van der Waals surface area contributed by atoms with Crippen molar-refractivity contribution in [3.63, 3.8) is 0 Å². The summed E-state index contributed by atoms with van der Waals surface area (Å²) in [5.41, 5.74) is 8.54. The molecular weight excluding hydrogens is 463 g/mol. The Balaban J connectivity index is 1.53. The van der Waals surface area contributed by atoms with Gasteiger partial charge in [0.25, 0.3) is 5.91 Å². The molecule has 36 heavy (non-hydrogen) atoms. The number of nitrogens with zero attached hydrogens (tertiary/aromatic N) is 7. The predicted octanol–water partition coefficient (Wildman–Crippen LogP) is 3.23. The molecule has 4 heterocycles. The lowest BCUT2D eigenvalue weighted by atomic mass is 10.0. The van der Waals surface area contributed by atoms with Crippen molar-refractivity contribution in [3.05, 3.63) is 71.4 Å². The Morgan fingerprint density at radius 2 is 2.06 bits per heavy atom. The lowest BCUT2D eigenvalue weighted by molar-refractivity contribution is 0.0968. The molecule has 0 aliphatic carbocycles. The third-order valence-electron chi connectivity index (χ3n) is 6.42. The molecule has 3 aromatic heterocycles. The molecule has 6 rings (SSSR count). The van der Waals surface area contributed by atoms with Crippen LogP contribution in [0.2, 0.25) is 0 Å². The van der Waals surface area contributed by atoms with E-state index in [0.29, 0.717) is 38.8 Å². The van der Waals surface area contributed by atoms with E-state index in [9.17, 15) is 10.1 Å². The first kappa shape index (κ1) is 21.5. The molecule has 1 aliphatic heterocycles. The van der Waals surface area contributed by atoms with Crippen LogP contribution in [0.4, 0.5) is 15.9 Å². The zero-order chi connectivity index (χ0) is 25.1. The topological polar surface area (TPSA) is 128 Å². The Labute approximate surface area is 203 Å². The number of carbonyl (C=O) groups excluding carboxylic acids is 1. The van der Waals surface area contributed by atoms with E-state index < -0.39 is 17.8 Å². The van der Waals surface area contributed by atoms with Crippen LogP contribution in [0.15, 0.2) is 48.9 Å². The Bertz CT molecular complexity index is 1750. The number of carbonyl (C=O) groups is 1. The summed E-state index contributed by atoms with van der Waals surface area (Å²) in [7, 11) is 3.48. The normalized spacial score (nSPS) is 14.6. The third kappa shape index (κ3) is 3.15. The van der Waals surface area contributed by atoms with E-state index in [2.05, 4.69) is 21.3 Å². The van der Waals surface area contributed by atoms with Gasteiger partial charge in [-0.25, -0.2) is 9.37 Å². The van der Waals surface area contributed by atoms with Crippen molar-refractivity contribution in [1.29, 1.82) is 5.26 Å². The summed E-state index contributed by atoms with van der Waals surface area (Å²) in [6.07, 6.45) is 4.81. The van der Waals surface area contributed by atoms with Crippen LogP contribution in [0.1, 0.15) is 27.5 Å². The second-order valence-electron chi connectivity index (χ2n) is 8.62. The van der Waals surface area contributed by atoms with Crippen LogP contribution < -0.4 is 15.4 Å². The van der Waals surface area contributed by atoms with E-state index in [1.165, 1.54) is 17.0 Å². The molecule has 2 N–H and O–H groups in total. The number of benzene rings is 2. The molecule has 2 aromatic carbocycles. The van der Waals surface area contributed by atoms with Crippen molar-refractivity contribution >= 4 is 39.2 Å². The molecule has 0 radical (unpaired) electrons. The Morgan fingerprint density at radius 3 is 2.81 bits per heavy atom. The van der Waals surface area contributed by atoms with E-state index in [1.54, 1.807) is 60.2 Å². The van der Waals surface area contributed by atoms with Gasteiger partial charge in [-0.05, 0) is 18.2 Å². The molecule has 11 heteroatoms. The minimum Gasteiger partial charge on any atom is -0.491 e. The van der Waals surface area contributed by atoms with Crippen LogP contribution in [0, 0.1) is 17.1 Å². The highest BCUT2D eigenvalue weighted by molar-refractivity contribution is 6.13. The van der Waals surface area contributed by atoms with Crippen LogP contribution in [-0.2, 0) is 14.1 Å². The molecule has 0 bridgehead atoms. The maximum atomic E-state index is 15.5. The molecular formula is C25H19FN8O2. The number of pyridine rings is 1. The number of nitrogen functional groups attached to an aromatic ring is 1. The highest BCUT2D eigenvalue weighted by Gasteiger charge is 2.36. The first-order valence-corrected chi connectivity index (χ1v) is 11.0. The van der Waals surface area contributed by atoms with Gasteiger partial charge in [0, 0.05) is 37.3 Å². The van der Waals surface area contributed by atoms with E-state index in [1.807, 2.05) is 0 Å². The number of rotatable bonds is 3. The summed E-state index contributed by atoms with van der Waals surface area (Å²) >= 11 is 0. The number of fused-ring (bicyclic) bond motifs is 4. The van der Waals surface area contributed by atoms with Crippen molar-refractivity contribution in [2.45, 2.75) is 6.04 Å². The quantitative estimate of drug-likeness (QED) is 0.418. The standard InChI is InChI=1S/C25H19FN8O2/c1-32-11-14(9-29-32)34(21-12-36-22-5-13(8-27)3-4-15(21)22)25(35)16-6-17-20(7-19(16)26)31-24(28)18-10-30-33(2)23(17)18/h3-7,9-11,21H,12H2,1-2H3,(H2,28,31). The number of hydrogen-bond acceptors (Lipinski definition) is 7. The van der Waals surface area contributed by atoms with Crippen LogP contribution in [0.5, 0.6) is 5.75 Å². The van der Waals surface area contributed by atoms with E-state index in [4.69, 9.17) is 10.5 Å². The second-order valence-corrected chi connectivity index (χ2v) is 8.62. The first-order valence-electron chi connectivity index (χ1n) is 11.0. The van der Waals surface area contributed by atoms with E-state index >= 15 is 4.39 Å². The molecule has 0 spiro atoms.